The van der Waals surface area contributed by atoms with Crippen molar-refractivity contribution in [2.75, 3.05) is 13.2 Å². The number of carboxylic acids is 1. The molecule has 0 aromatic carbocycles. The van der Waals surface area contributed by atoms with E-state index >= 15 is 0 Å². The molecule has 7 nitrogen and oxygen atoms in total. The van der Waals surface area contributed by atoms with Gasteiger partial charge in [0, 0.05) is 19.4 Å². The fraction of sp³-hybridized carbons (Fsp3) is 0.474. The van der Waals surface area contributed by atoms with Gasteiger partial charge in [0.05, 0.1) is 44.0 Å². The first kappa shape index (κ1) is 19.8. The van der Waals surface area contributed by atoms with Crippen molar-refractivity contribution in [1.29, 1.82) is 0 Å². The Morgan fingerprint density at radius 1 is 1.50 bits per heavy atom. The van der Waals surface area contributed by atoms with Crippen molar-refractivity contribution < 1.29 is 29.0 Å². The summed E-state index contributed by atoms with van der Waals surface area (Å²) >= 11 is 0. The van der Waals surface area contributed by atoms with Crippen LogP contribution in [0.3, 0.4) is 0 Å². The van der Waals surface area contributed by atoms with Crippen molar-refractivity contribution in [2.45, 2.75) is 44.2 Å². The van der Waals surface area contributed by atoms with Crippen molar-refractivity contribution in [1.82, 2.24) is 4.90 Å². The van der Waals surface area contributed by atoms with E-state index in [-0.39, 0.29) is 25.0 Å². The summed E-state index contributed by atoms with van der Waals surface area (Å²) in [5.41, 5.74) is 0.917. The number of aliphatic hydroxyl groups is 1. The fourth-order valence-corrected chi connectivity index (χ4v) is 2.80. The predicted octanol–water partition coefficient (Wildman–Crippen LogP) is 2.13. The van der Waals surface area contributed by atoms with Gasteiger partial charge in [0.2, 0.25) is 5.91 Å². The van der Waals surface area contributed by atoms with Crippen LogP contribution >= 0.6 is 0 Å². The number of aliphatic carboxylic acids is 1. The van der Waals surface area contributed by atoms with E-state index in [1.807, 2.05) is 12.1 Å². The van der Waals surface area contributed by atoms with E-state index in [1.165, 1.54) is 6.26 Å². The number of carbonyl (C=O) groups excluding carboxylic acids is 1. The van der Waals surface area contributed by atoms with Crippen molar-refractivity contribution in [3.8, 4) is 0 Å². The lowest BCUT2D eigenvalue weighted by atomic mass is 10.00. The Kier molecular flexibility index (Phi) is 7.95. The largest absolute Gasteiger partial charge is 0.501 e. The second kappa shape index (κ2) is 10.5. The Morgan fingerprint density at radius 2 is 2.35 bits per heavy atom. The van der Waals surface area contributed by atoms with Crippen LogP contribution in [0.5, 0.6) is 0 Å². The third-order valence-corrected chi connectivity index (χ3v) is 4.12. The molecule has 26 heavy (non-hydrogen) atoms. The number of furan rings is 1. The Balaban J connectivity index is 1.84. The topological polar surface area (TPSA) is 100 Å². The molecule has 0 spiro atoms. The maximum Gasteiger partial charge on any atom is 0.306 e. The average Bonchev–Trinajstić information content (AvgIpc) is 3.10. The zero-order valence-corrected chi connectivity index (χ0v) is 14.6. The van der Waals surface area contributed by atoms with Gasteiger partial charge in [-0.2, -0.15) is 0 Å². The first-order chi connectivity index (χ1) is 12.6. The minimum Gasteiger partial charge on any atom is -0.501 e. The minimum atomic E-state index is -0.913. The molecule has 0 bridgehead atoms. The van der Waals surface area contributed by atoms with Crippen LogP contribution in [0.2, 0.25) is 0 Å². The molecule has 2 atom stereocenters. The molecule has 1 saturated heterocycles. The molecule has 2 heterocycles. The number of nitrogens with zero attached hydrogens (tertiary/aromatic N) is 1. The van der Waals surface area contributed by atoms with Gasteiger partial charge in [-0.3, -0.25) is 9.59 Å². The molecular formula is C19H25NO6. The number of carbonyl (C=O) groups is 2. The Labute approximate surface area is 152 Å². The van der Waals surface area contributed by atoms with Crippen LogP contribution in [0, 0.1) is 0 Å². The van der Waals surface area contributed by atoms with E-state index in [1.54, 1.807) is 29.6 Å². The van der Waals surface area contributed by atoms with Crippen LogP contribution in [-0.4, -0.2) is 52.3 Å². The number of amides is 1. The third-order valence-electron chi connectivity index (χ3n) is 4.12. The van der Waals surface area contributed by atoms with Crippen molar-refractivity contribution >= 4 is 11.9 Å². The highest BCUT2D eigenvalue weighted by Gasteiger charge is 2.25. The first-order valence-electron chi connectivity index (χ1n) is 8.71. The molecule has 1 amide bonds. The normalized spacial score (nSPS) is 19.3. The molecule has 0 saturated carbocycles. The Morgan fingerprint density at radius 3 is 3.08 bits per heavy atom. The number of ether oxygens (including phenoxy) is 1. The van der Waals surface area contributed by atoms with Crippen LogP contribution in [0.15, 0.2) is 47.5 Å². The minimum absolute atomic E-state index is 0.0606. The number of hydrogen-bond donors (Lipinski definition) is 2. The van der Waals surface area contributed by atoms with E-state index in [0.717, 1.165) is 18.4 Å². The smallest absolute Gasteiger partial charge is 0.306 e. The van der Waals surface area contributed by atoms with Gasteiger partial charge >= 0.3 is 5.97 Å². The van der Waals surface area contributed by atoms with Gasteiger partial charge in [-0.1, -0.05) is 12.2 Å². The lowest BCUT2D eigenvalue weighted by Gasteiger charge is -2.33. The molecule has 7 heteroatoms. The molecule has 1 unspecified atom stereocenters. The molecule has 1 aromatic heterocycles. The summed E-state index contributed by atoms with van der Waals surface area (Å²) in [6.07, 6.45) is 11.8. The quantitative estimate of drug-likeness (QED) is 0.375. The summed E-state index contributed by atoms with van der Waals surface area (Å²) in [6.45, 7) is 0.488. The zero-order chi connectivity index (χ0) is 18.8. The SMILES string of the molecule is O=C(O)CCOC=CCN1C(=O)CCC[C@@H]1C=CC(O)Cc1ccoc1. The number of carboxylic acid groups (broad SMARTS) is 1. The van der Waals surface area contributed by atoms with Crippen molar-refractivity contribution in [3.05, 3.63) is 48.6 Å². The van der Waals surface area contributed by atoms with Crippen LogP contribution in [-0.2, 0) is 20.7 Å². The first-order valence-corrected chi connectivity index (χ1v) is 8.71. The highest BCUT2D eigenvalue weighted by Crippen LogP contribution is 2.19. The van der Waals surface area contributed by atoms with Crippen LogP contribution in [0.4, 0.5) is 0 Å². The Bertz CT molecular complexity index is 622. The summed E-state index contributed by atoms with van der Waals surface area (Å²) in [6, 6.07) is 1.74. The van der Waals surface area contributed by atoms with E-state index in [0.29, 0.717) is 19.4 Å². The van der Waals surface area contributed by atoms with Gasteiger partial charge in [0.1, 0.15) is 0 Å². The number of piperidine rings is 1. The molecule has 142 valence electrons. The second-order valence-corrected chi connectivity index (χ2v) is 6.18. The van der Waals surface area contributed by atoms with Crippen molar-refractivity contribution in [3.63, 3.8) is 0 Å². The van der Waals surface area contributed by atoms with Gasteiger partial charge in [-0.25, -0.2) is 0 Å². The van der Waals surface area contributed by atoms with E-state index in [4.69, 9.17) is 14.3 Å². The zero-order valence-electron chi connectivity index (χ0n) is 14.6. The lowest BCUT2D eigenvalue weighted by molar-refractivity contribution is -0.137. The van der Waals surface area contributed by atoms with Gasteiger partial charge in [-0.05, 0) is 30.5 Å². The van der Waals surface area contributed by atoms with E-state index in [9.17, 15) is 14.7 Å². The van der Waals surface area contributed by atoms with E-state index in [2.05, 4.69) is 0 Å². The molecule has 1 aliphatic rings. The predicted molar refractivity (Wildman–Crippen MR) is 94.3 cm³/mol. The van der Waals surface area contributed by atoms with Crippen molar-refractivity contribution in [2.24, 2.45) is 0 Å². The molecular weight excluding hydrogens is 338 g/mol. The number of rotatable bonds is 10. The van der Waals surface area contributed by atoms with Crippen LogP contribution in [0.25, 0.3) is 0 Å². The highest BCUT2D eigenvalue weighted by molar-refractivity contribution is 5.77. The molecule has 1 aromatic rings. The fourth-order valence-electron chi connectivity index (χ4n) is 2.80. The molecule has 2 rings (SSSR count). The summed E-state index contributed by atoms with van der Waals surface area (Å²) in [5.74, 6) is -0.853. The van der Waals surface area contributed by atoms with Gasteiger partial charge in [0.25, 0.3) is 0 Å². The second-order valence-electron chi connectivity index (χ2n) is 6.18. The van der Waals surface area contributed by atoms with E-state index < -0.39 is 12.1 Å². The summed E-state index contributed by atoms with van der Waals surface area (Å²) in [4.78, 5) is 24.3. The number of likely N-dealkylation sites (tertiary alicyclic amines) is 1. The summed E-state index contributed by atoms with van der Waals surface area (Å²) in [7, 11) is 0. The molecule has 2 N–H and O–H groups in total. The lowest BCUT2D eigenvalue weighted by Crippen LogP contribution is -2.42. The molecule has 0 aliphatic carbocycles. The van der Waals surface area contributed by atoms with Gasteiger partial charge in [0.15, 0.2) is 0 Å². The monoisotopic (exact) mass is 363 g/mol. The summed E-state index contributed by atoms with van der Waals surface area (Å²) < 4.78 is 10.1. The highest BCUT2D eigenvalue weighted by atomic mass is 16.5. The average molecular weight is 363 g/mol. The van der Waals surface area contributed by atoms with Gasteiger partial charge < -0.3 is 24.3 Å². The summed E-state index contributed by atoms with van der Waals surface area (Å²) in [5, 5.41) is 18.6. The molecule has 1 aliphatic heterocycles. The molecule has 1 fully saturated rings. The third kappa shape index (κ3) is 6.76. The maximum atomic E-state index is 12.2. The number of aliphatic hydroxyl groups excluding tert-OH is 1. The van der Waals surface area contributed by atoms with Crippen LogP contribution in [0.1, 0.15) is 31.2 Å². The molecule has 0 radical (unpaired) electrons. The maximum absolute atomic E-state index is 12.2. The number of hydrogen-bond acceptors (Lipinski definition) is 5. The van der Waals surface area contributed by atoms with Gasteiger partial charge in [-0.15, -0.1) is 0 Å². The Hall–Kier alpha value is -2.54. The standard InChI is InChI=1S/C19H25NO6/c21-17(13-15-7-11-26-14-15)6-5-16-3-1-4-18(22)20(16)9-2-10-25-12-8-19(23)24/h2,5-7,10-11,14,16-17,21H,1,3-4,8-9,12-13H2,(H,23,24)/t16-,17?/m1/s1. The van der Waals surface area contributed by atoms with Crippen LogP contribution < -0.4 is 0 Å².